The molecule has 3 fully saturated rings. The summed E-state index contributed by atoms with van der Waals surface area (Å²) < 4.78 is 0. The van der Waals surface area contributed by atoms with Gasteiger partial charge in [-0.25, -0.2) is 4.79 Å². The molecule has 0 bridgehead atoms. The van der Waals surface area contributed by atoms with Crippen molar-refractivity contribution in [3.63, 3.8) is 0 Å². The van der Waals surface area contributed by atoms with Crippen LogP contribution >= 0.6 is 11.3 Å². The summed E-state index contributed by atoms with van der Waals surface area (Å²) in [4.78, 5) is 37.8. The van der Waals surface area contributed by atoms with Crippen LogP contribution in [0.15, 0.2) is 29.6 Å². The van der Waals surface area contributed by atoms with E-state index >= 15 is 0 Å². The van der Waals surface area contributed by atoms with E-state index in [2.05, 4.69) is 59.5 Å². The van der Waals surface area contributed by atoms with Crippen LogP contribution in [-0.2, 0) is 30.5 Å². The summed E-state index contributed by atoms with van der Waals surface area (Å²) in [6.07, 6.45) is 7.62. The lowest BCUT2D eigenvalue weighted by Crippen LogP contribution is -2.59. The molecule has 9 nitrogen and oxygen atoms in total. The molecule has 0 spiro atoms. The fourth-order valence-electron chi connectivity index (χ4n) is 7.27. The Labute approximate surface area is 274 Å². The van der Waals surface area contributed by atoms with Crippen molar-refractivity contribution in [1.82, 2.24) is 30.2 Å². The second-order valence-electron chi connectivity index (χ2n) is 13.2. The minimum Gasteiger partial charge on any atom is -0.398 e. The molecule has 4 N–H and O–H groups in total. The molecule has 0 saturated carbocycles. The van der Waals surface area contributed by atoms with E-state index < -0.39 is 6.04 Å². The number of hydrogen-bond donors (Lipinski definition) is 3. The van der Waals surface area contributed by atoms with Gasteiger partial charge in [0.15, 0.2) is 0 Å². The summed E-state index contributed by atoms with van der Waals surface area (Å²) in [6, 6.07) is 8.86. The van der Waals surface area contributed by atoms with Crippen molar-refractivity contribution < 1.29 is 9.59 Å². The fourth-order valence-corrected chi connectivity index (χ4v) is 8.08. The lowest BCUT2D eigenvalue weighted by Gasteiger charge is -2.43. The lowest BCUT2D eigenvalue weighted by atomic mass is 9.96. The number of nitrogens with one attached hydrogen (secondary N) is 2. The van der Waals surface area contributed by atoms with E-state index in [1.165, 1.54) is 28.8 Å². The Hall–Kier alpha value is -2.66. The van der Waals surface area contributed by atoms with Crippen molar-refractivity contribution in [3.05, 3.63) is 51.2 Å². The second kappa shape index (κ2) is 16.3. The van der Waals surface area contributed by atoms with Gasteiger partial charge < -0.3 is 31.1 Å². The normalized spacial score (nSPS) is 20.0. The van der Waals surface area contributed by atoms with Crippen LogP contribution in [0.5, 0.6) is 0 Å². The first-order chi connectivity index (χ1) is 21.8. The first-order valence-corrected chi connectivity index (χ1v) is 18.1. The van der Waals surface area contributed by atoms with Gasteiger partial charge >= 0.3 is 6.03 Å². The topological polar surface area (TPSA) is 97.2 Å². The number of rotatable bonds is 11. The number of amides is 3. The Bertz CT molecular complexity index is 1240. The summed E-state index contributed by atoms with van der Waals surface area (Å²) in [5, 5.41) is 8.90. The van der Waals surface area contributed by atoms with E-state index in [1.54, 1.807) is 11.3 Å². The Balaban J connectivity index is 1.17. The van der Waals surface area contributed by atoms with E-state index in [-0.39, 0.29) is 11.9 Å². The van der Waals surface area contributed by atoms with Crippen LogP contribution in [0.4, 0.5) is 10.5 Å². The lowest BCUT2D eigenvalue weighted by molar-refractivity contribution is -0.135. The summed E-state index contributed by atoms with van der Waals surface area (Å²) in [5.41, 5.74) is 10.7. The number of benzene rings is 1. The molecular formula is C35H55N7O2S. The molecule has 0 unspecified atom stereocenters. The minimum atomic E-state index is -0.573. The predicted molar refractivity (Wildman–Crippen MR) is 185 cm³/mol. The van der Waals surface area contributed by atoms with Crippen LogP contribution in [0, 0.1) is 0 Å². The number of aryl methyl sites for hydroxylation is 2. The molecule has 3 saturated heterocycles. The molecule has 3 aliphatic heterocycles. The van der Waals surface area contributed by atoms with Gasteiger partial charge in [0.25, 0.3) is 0 Å². The Kier molecular flexibility index (Phi) is 12.2. The molecule has 5 rings (SSSR count). The highest BCUT2D eigenvalue weighted by atomic mass is 32.1. The van der Waals surface area contributed by atoms with Crippen molar-refractivity contribution in [2.24, 2.45) is 0 Å². The van der Waals surface area contributed by atoms with Crippen LogP contribution in [0.25, 0.3) is 0 Å². The van der Waals surface area contributed by atoms with Gasteiger partial charge in [-0.3, -0.25) is 9.69 Å². The summed E-state index contributed by atoms with van der Waals surface area (Å²) in [5.74, 6) is 0.0494. The largest absolute Gasteiger partial charge is 0.398 e. The highest BCUT2D eigenvalue weighted by molar-refractivity contribution is 7.10. The number of thiophene rings is 1. The first kappa shape index (κ1) is 33.7. The van der Waals surface area contributed by atoms with Crippen molar-refractivity contribution in [1.29, 1.82) is 0 Å². The van der Waals surface area contributed by atoms with Crippen LogP contribution in [-0.4, -0.2) is 116 Å². The van der Waals surface area contributed by atoms with E-state index in [0.717, 1.165) is 89.2 Å². The molecule has 248 valence electrons. The maximum atomic E-state index is 14.1. The van der Waals surface area contributed by atoms with Gasteiger partial charge in [0.1, 0.15) is 6.04 Å². The number of likely N-dealkylation sites (tertiary alicyclic amines) is 2. The third kappa shape index (κ3) is 8.99. The fraction of sp³-hybridized carbons (Fsp3) is 0.657. The molecule has 1 atom stereocenters. The quantitative estimate of drug-likeness (QED) is 0.349. The molecular weight excluding hydrogens is 582 g/mol. The monoisotopic (exact) mass is 637 g/mol. The molecule has 10 heteroatoms. The van der Waals surface area contributed by atoms with E-state index in [0.29, 0.717) is 31.6 Å². The summed E-state index contributed by atoms with van der Waals surface area (Å²) in [7, 11) is 2.20. The van der Waals surface area contributed by atoms with Gasteiger partial charge in [0, 0.05) is 74.9 Å². The number of nitrogen functional groups attached to an aromatic ring is 1. The Morgan fingerprint density at radius 1 is 0.911 bits per heavy atom. The zero-order valence-corrected chi connectivity index (χ0v) is 28.5. The van der Waals surface area contributed by atoms with Crippen LogP contribution < -0.4 is 16.4 Å². The number of piperidine rings is 2. The molecule has 1 aromatic carbocycles. The molecule has 4 heterocycles. The standard InChI is InChI=1S/C35H55N7O2S/c1-4-27-7-6-26(24-28(27)5-2)25-32(34(43)41-21-19-40(20-22-41)30-11-15-39(3)16-12-30)38-35(44)42-17-9-29(10-18-42)37-14-8-33-31(36)13-23-45-33/h6-7,13,23-24,29-30,32,37H,4-5,8-12,14-22,25,36H2,1-3H3,(H,38,44)/t32-/m1/s1. The highest BCUT2D eigenvalue weighted by Crippen LogP contribution is 2.21. The van der Waals surface area contributed by atoms with E-state index in [4.69, 9.17) is 5.73 Å². The molecule has 2 aromatic rings. The van der Waals surface area contributed by atoms with Crippen molar-refractivity contribution in [2.45, 2.75) is 83.3 Å². The third-order valence-electron chi connectivity index (χ3n) is 10.2. The van der Waals surface area contributed by atoms with Gasteiger partial charge in [-0.2, -0.15) is 0 Å². The number of nitrogens with two attached hydrogens (primary N) is 1. The van der Waals surface area contributed by atoms with Crippen LogP contribution in [0.3, 0.4) is 0 Å². The highest BCUT2D eigenvalue weighted by Gasteiger charge is 2.33. The average Bonchev–Trinajstić information content (AvgIpc) is 3.48. The number of anilines is 1. The van der Waals surface area contributed by atoms with Crippen molar-refractivity contribution in [2.75, 3.05) is 71.7 Å². The second-order valence-corrected chi connectivity index (χ2v) is 14.2. The van der Waals surface area contributed by atoms with Gasteiger partial charge in [-0.05, 0) is 93.2 Å². The van der Waals surface area contributed by atoms with Crippen LogP contribution in [0.2, 0.25) is 0 Å². The number of carbonyl (C=O) groups is 2. The van der Waals surface area contributed by atoms with E-state index in [9.17, 15) is 9.59 Å². The van der Waals surface area contributed by atoms with Gasteiger partial charge in [-0.15, -0.1) is 11.3 Å². The Morgan fingerprint density at radius 2 is 1.62 bits per heavy atom. The number of piperazine rings is 1. The number of carbonyl (C=O) groups excluding carboxylic acids is 2. The number of urea groups is 1. The number of nitrogens with zero attached hydrogens (tertiary/aromatic N) is 4. The predicted octanol–water partition coefficient (Wildman–Crippen LogP) is 3.61. The minimum absolute atomic E-state index is 0.0494. The van der Waals surface area contributed by atoms with Crippen molar-refractivity contribution in [3.8, 4) is 0 Å². The van der Waals surface area contributed by atoms with Crippen molar-refractivity contribution >= 4 is 29.0 Å². The van der Waals surface area contributed by atoms with E-state index in [1.807, 2.05) is 21.2 Å². The third-order valence-corrected chi connectivity index (χ3v) is 11.2. The number of hydrogen-bond acceptors (Lipinski definition) is 7. The smallest absolute Gasteiger partial charge is 0.318 e. The molecule has 45 heavy (non-hydrogen) atoms. The zero-order valence-electron chi connectivity index (χ0n) is 27.7. The average molecular weight is 638 g/mol. The summed E-state index contributed by atoms with van der Waals surface area (Å²) >= 11 is 1.71. The van der Waals surface area contributed by atoms with Gasteiger partial charge in [-0.1, -0.05) is 32.0 Å². The SMILES string of the molecule is CCc1ccc(C[C@@H](NC(=O)N2CCC(NCCc3sccc3N)CC2)C(=O)N2CCN(C3CCN(C)CC3)CC2)cc1CC. The van der Waals surface area contributed by atoms with Gasteiger partial charge in [0.2, 0.25) is 5.91 Å². The summed E-state index contributed by atoms with van der Waals surface area (Å²) in [6.45, 7) is 12.2. The molecule has 1 aromatic heterocycles. The molecule has 3 aliphatic rings. The zero-order chi connectivity index (χ0) is 31.8. The van der Waals surface area contributed by atoms with Crippen LogP contribution in [0.1, 0.15) is 61.1 Å². The molecule has 0 radical (unpaired) electrons. The van der Waals surface area contributed by atoms with Gasteiger partial charge in [0.05, 0.1) is 0 Å². The molecule has 0 aliphatic carbocycles. The Morgan fingerprint density at radius 3 is 2.27 bits per heavy atom. The maximum Gasteiger partial charge on any atom is 0.318 e. The molecule has 3 amide bonds. The first-order valence-electron chi connectivity index (χ1n) is 17.3. The maximum absolute atomic E-state index is 14.1.